The third kappa shape index (κ3) is 50.0. The number of amides is 1. The van der Waals surface area contributed by atoms with E-state index in [-0.39, 0.29) is 18.5 Å². The van der Waals surface area contributed by atoms with Crippen LogP contribution in [0.1, 0.15) is 322 Å². The third-order valence-corrected chi connectivity index (χ3v) is 13.6. The highest BCUT2D eigenvalue weighted by Gasteiger charge is 2.20. The van der Waals surface area contributed by atoms with Crippen LogP contribution < -0.4 is 5.32 Å². The molecule has 6 heteroatoms. The molecule has 0 aromatic heterocycles. The molecule has 0 bridgehead atoms. The molecule has 0 fully saturated rings. The molecule has 0 saturated carbocycles. The predicted molar refractivity (Wildman–Crippen MR) is 278 cm³/mol. The van der Waals surface area contributed by atoms with Crippen LogP contribution in [-0.4, -0.2) is 47.4 Å². The Kier molecular flexibility index (Phi) is 53.0. The third-order valence-electron chi connectivity index (χ3n) is 13.6. The topological polar surface area (TPSA) is 95.9 Å². The molecule has 0 heterocycles. The molecule has 0 saturated heterocycles. The van der Waals surface area contributed by atoms with Crippen LogP contribution in [0, 0.1) is 0 Å². The lowest BCUT2D eigenvalue weighted by molar-refractivity contribution is -0.143. The molecule has 0 aliphatic carbocycles. The molecule has 380 valence electrons. The summed E-state index contributed by atoms with van der Waals surface area (Å²) in [6.07, 6.45) is 63.4. The fourth-order valence-electron chi connectivity index (χ4n) is 9.09. The van der Waals surface area contributed by atoms with Crippen molar-refractivity contribution < 1.29 is 24.5 Å². The average molecular weight is 905 g/mol. The van der Waals surface area contributed by atoms with Gasteiger partial charge < -0.3 is 20.3 Å². The summed E-state index contributed by atoms with van der Waals surface area (Å²) in [6.45, 7) is 4.92. The first-order valence-corrected chi connectivity index (χ1v) is 28.9. The zero-order valence-electron chi connectivity index (χ0n) is 43.3. The van der Waals surface area contributed by atoms with E-state index in [1.54, 1.807) is 0 Å². The van der Waals surface area contributed by atoms with Crippen LogP contribution in [0.4, 0.5) is 0 Å². The molecule has 3 N–H and O–H groups in total. The van der Waals surface area contributed by atoms with Crippen molar-refractivity contribution >= 4 is 11.9 Å². The van der Waals surface area contributed by atoms with Crippen LogP contribution >= 0.6 is 0 Å². The molecule has 0 aliphatic rings. The Morgan fingerprint density at radius 3 is 1.16 bits per heavy atom. The van der Waals surface area contributed by atoms with Crippen LogP contribution in [0.15, 0.2) is 12.2 Å². The molecule has 0 aromatic carbocycles. The SMILES string of the molecule is CCCC/C=C\CCCCCCCC(=O)OCCCCCCCCCCCCCCCCCC(=O)NC(CO)C(O)CCCCCCCCCCCCCCCCCCCCCCC. The van der Waals surface area contributed by atoms with E-state index in [0.717, 1.165) is 51.4 Å². The molecular formula is C58H113NO5. The van der Waals surface area contributed by atoms with Crippen molar-refractivity contribution in [2.45, 2.75) is 334 Å². The number of carbonyl (C=O) groups is 2. The van der Waals surface area contributed by atoms with Gasteiger partial charge in [0, 0.05) is 12.8 Å². The molecule has 0 radical (unpaired) electrons. The second-order valence-corrected chi connectivity index (χ2v) is 20.0. The highest BCUT2D eigenvalue weighted by molar-refractivity contribution is 5.76. The average Bonchev–Trinajstić information content (AvgIpc) is 3.29. The van der Waals surface area contributed by atoms with E-state index >= 15 is 0 Å². The fourth-order valence-corrected chi connectivity index (χ4v) is 9.09. The van der Waals surface area contributed by atoms with Crippen LogP contribution in [0.25, 0.3) is 0 Å². The number of esters is 1. The highest BCUT2D eigenvalue weighted by Crippen LogP contribution is 2.18. The summed E-state index contributed by atoms with van der Waals surface area (Å²) in [5.74, 6) is -0.0500. The van der Waals surface area contributed by atoms with Gasteiger partial charge in [-0.3, -0.25) is 9.59 Å². The van der Waals surface area contributed by atoms with E-state index in [0.29, 0.717) is 25.9 Å². The fraction of sp³-hybridized carbons (Fsp3) is 0.931. The largest absolute Gasteiger partial charge is 0.466 e. The Bertz CT molecular complexity index is 955. The summed E-state index contributed by atoms with van der Waals surface area (Å²) >= 11 is 0. The lowest BCUT2D eigenvalue weighted by Gasteiger charge is -2.22. The van der Waals surface area contributed by atoms with E-state index < -0.39 is 12.1 Å². The van der Waals surface area contributed by atoms with Gasteiger partial charge in [-0.1, -0.05) is 276 Å². The Labute approximate surface area is 399 Å². The molecule has 0 rings (SSSR count). The van der Waals surface area contributed by atoms with Gasteiger partial charge >= 0.3 is 5.97 Å². The van der Waals surface area contributed by atoms with Crippen LogP contribution in [0.3, 0.4) is 0 Å². The van der Waals surface area contributed by atoms with Gasteiger partial charge in [0.2, 0.25) is 5.91 Å². The predicted octanol–water partition coefficient (Wildman–Crippen LogP) is 17.7. The van der Waals surface area contributed by atoms with Crippen LogP contribution in [0.2, 0.25) is 0 Å². The van der Waals surface area contributed by atoms with Gasteiger partial charge in [-0.25, -0.2) is 0 Å². The zero-order valence-corrected chi connectivity index (χ0v) is 43.3. The molecule has 1 amide bonds. The first-order valence-electron chi connectivity index (χ1n) is 28.9. The number of unbranched alkanes of at least 4 members (excludes halogenated alkanes) is 41. The summed E-state index contributed by atoms with van der Waals surface area (Å²) in [7, 11) is 0. The summed E-state index contributed by atoms with van der Waals surface area (Å²) in [4.78, 5) is 24.5. The number of rotatable bonds is 54. The molecule has 0 spiro atoms. The number of allylic oxidation sites excluding steroid dienone is 2. The lowest BCUT2D eigenvalue weighted by atomic mass is 10.0. The summed E-state index contributed by atoms with van der Waals surface area (Å²) in [6, 6.07) is -0.548. The highest BCUT2D eigenvalue weighted by atomic mass is 16.5. The Morgan fingerprint density at radius 2 is 0.750 bits per heavy atom. The minimum absolute atomic E-state index is 0.00957. The minimum atomic E-state index is -0.670. The zero-order chi connectivity index (χ0) is 46.5. The molecule has 2 unspecified atom stereocenters. The van der Waals surface area contributed by atoms with Gasteiger partial charge in [0.05, 0.1) is 25.4 Å². The number of hydrogen-bond acceptors (Lipinski definition) is 5. The van der Waals surface area contributed by atoms with Gasteiger partial charge in [-0.05, 0) is 44.9 Å². The standard InChI is InChI=1S/C58H113NO5/c1-3-5-7-9-11-13-15-16-17-18-19-20-21-22-24-27-31-34-38-42-46-50-56(61)55(54-60)59-57(62)51-47-43-39-35-32-28-25-23-26-29-33-37-41-45-49-53-64-58(63)52-48-44-40-36-30-14-12-10-8-6-4-2/h10,12,55-56,60-61H,3-9,11,13-54H2,1-2H3,(H,59,62)/b12-10-. The number of aliphatic hydroxyl groups is 2. The van der Waals surface area contributed by atoms with E-state index in [9.17, 15) is 19.8 Å². The molecule has 0 aromatic rings. The maximum absolute atomic E-state index is 12.5. The normalized spacial score (nSPS) is 12.6. The smallest absolute Gasteiger partial charge is 0.305 e. The monoisotopic (exact) mass is 904 g/mol. The van der Waals surface area contributed by atoms with E-state index in [2.05, 4.69) is 31.3 Å². The van der Waals surface area contributed by atoms with Crippen LogP contribution in [0.5, 0.6) is 0 Å². The molecular weight excluding hydrogens is 791 g/mol. The van der Waals surface area contributed by atoms with E-state index in [1.807, 2.05) is 0 Å². The number of ether oxygens (including phenoxy) is 1. The van der Waals surface area contributed by atoms with Crippen molar-refractivity contribution in [1.29, 1.82) is 0 Å². The molecule has 6 nitrogen and oxygen atoms in total. The van der Waals surface area contributed by atoms with Crippen molar-refractivity contribution in [3.8, 4) is 0 Å². The maximum atomic E-state index is 12.5. The van der Waals surface area contributed by atoms with Gasteiger partial charge in [0.1, 0.15) is 0 Å². The van der Waals surface area contributed by atoms with Gasteiger partial charge in [-0.15, -0.1) is 0 Å². The second kappa shape index (κ2) is 54.2. The van der Waals surface area contributed by atoms with E-state index in [1.165, 1.54) is 238 Å². The number of carbonyl (C=O) groups excluding carboxylic acids is 2. The number of nitrogens with one attached hydrogen (secondary N) is 1. The first-order chi connectivity index (χ1) is 31.5. The molecule has 0 aliphatic heterocycles. The summed E-state index contributed by atoms with van der Waals surface area (Å²) in [5.41, 5.74) is 0. The Morgan fingerprint density at radius 1 is 0.422 bits per heavy atom. The Hall–Kier alpha value is -1.40. The number of hydrogen-bond donors (Lipinski definition) is 3. The lowest BCUT2D eigenvalue weighted by Crippen LogP contribution is -2.45. The maximum Gasteiger partial charge on any atom is 0.305 e. The Balaban J connectivity index is 3.44. The quantitative estimate of drug-likeness (QED) is 0.0321. The van der Waals surface area contributed by atoms with Crippen LogP contribution in [-0.2, 0) is 14.3 Å². The van der Waals surface area contributed by atoms with Gasteiger partial charge in [-0.2, -0.15) is 0 Å². The summed E-state index contributed by atoms with van der Waals surface area (Å²) in [5, 5.41) is 23.3. The second-order valence-electron chi connectivity index (χ2n) is 20.0. The van der Waals surface area contributed by atoms with Gasteiger partial charge in [0.15, 0.2) is 0 Å². The van der Waals surface area contributed by atoms with Crippen molar-refractivity contribution in [2.75, 3.05) is 13.2 Å². The van der Waals surface area contributed by atoms with Crippen molar-refractivity contribution in [2.24, 2.45) is 0 Å². The van der Waals surface area contributed by atoms with Crippen molar-refractivity contribution in [3.63, 3.8) is 0 Å². The van der Waals surface area contributed by atoms with Crippen molar-refractivity contribution in [3.05, 3.63) is 12.2 Å². The minimum Gasteiger partial charge on any atom is -0.466 e. The first kappa shape index (κ1) is 62.6. The summed E-state index contributed by atoms with van der Waals surface area (Å²) < 4.78 is 5.45. The van der Waals surface area contributed by atoms with Gasteiger partial charge in [0.25, 0.3) is 0 Å². The molecule has 2 atom stereocenters. The van der Waals surface area contributed by atoms with E-state index in [4.69, 9.17) is 4.74 Å². The number of aliphatic hydroxyl groups excluding tert-OH is 2. The molecule has 64 heavy (non-hydrogen) atoms. The van der Waals surface area contributed by atoms with Crippen molar-refractivity contribution in [1.82, 2.24) is 5.32 Å².